The van der Waals surface area contributed by atoms with Crippen LogP contribution in [0.4, 0.5) is 5.69 Å². The van der Waals surface area contributed by atoms with Crippen molar-refractivity contribution in [2.24, 2.45) is 0 Å². The number of para-hydroxylation sites is 1. The first-order valence-electron chi connectivity index (χ1n) is 6.13. The summed E-state index contributed by atoms with van der Waals surface area (Å²) in [5, 5.41) is 2.90. The van der Waals surface area contributed by atoms with Crippen molar-refractivity contribution in [3.8, 4) is 0 Å². The van der Waals surface area contributed by atoms with Crippen LogP contribution in [-0.4, -0.2) is 38.1 Å². The molecule has 0 atom stereocenters. The lowest BCUT2D eigenvalue weighted by Gasteiger charge is -2.23. The van der Waals surface area contributed by atoms with Gasteiger partial charge in [-0.25, -0.2) is 0 Å². The fourth-order valence-electron chi connectivity index (χ4n) is 1.62. The Hall–Kier alpha value is -1.35. The normalized spacial score (nSPS) is 11.2. The molecule has 17 heavy (non-hydrogen) atoms. The highest BCUT2D eigenvalue weighted by molar-refractivity contribution is 5.90. The molecule has 0 aromatic heterocycles. The van der Waals surface area contributed by atoms with Gasteiger partial charge < -0.3 is 9.80 Å². The zero-order valence-electron chi connectivity index (χ0n) is 11.1. The highest BCUT2D eigenvalue weighted by Crippen LogP contribution is 2.07. The summed E-state index contributed by atoms with van der Waals surface area (Å²) >= 11 is 0. The van der Waals surface area contributed by atoms with Crippen LogP contribution in [0.1, 0.15) is 19.3 Å². The number of nitrogens with one attached hydrogen (secondary N) is 1. The molecule has 94 valence electrons. The van der Waals surface area contributed by atoms with E-state index in [0.29, 0.717) is 6.42 Å². The smallest absolute Gasteiger partial charge is 0.224 e. The van der Waals surface area contributed by atoms with Gasteiger partial charge in [0.15, 0.2) is 0 Å². The molecule has 0 aliphatic heterocycles. The lowest BCUT2D eigenvalue weighted by Crippen LogP contribution is -2.35. The minimum Gasteiger partial charge on any atom is -0.331 e. The Morgan fingerprint density at radius 1 is 1.12 bits per heavy atom. The predicted molar refractivity (Wildman–Crippen MR) is 71.8 cm³/mol. The van der Waals surface area contributed by atoms with Gasteiger partial charge in [-0.2, -0.15) is 0 Å². The quantitative estimate of drug-likeness (QED) is 0.596. The molecule has 0 heterocycles. The Kier molecular flexibility index (Phi) is 5.16. The molecule has 0 spiro atoms. The van der Waals surface area contributed by atoms with E-state index in [0.717, 1.165) is 29.6 Å². The second-order valence-electron chi connectivity index (χ2n) is 5.39. The van der Waals surface area contributed by atoms with E-state index >= 15 is 0 Å². The van der Waals surface area contributed by atoms with Crippen molar-refractivity contribution < 1.29 is 9.28 Å². The van der Waals surface area contributed by atoms with Crippen LogP contribution in [0.2, 0.25) is 0 Å². The molecule has 0 radical (unpaired) electrons. The van der Waals surface area contributed by atoms with Gasteiger partial charge in [-0.1, -0.05) is 18.2 Å². The average Bonchev–Trinajstić information content (AvgIpc) is 2.25. The van der Waals surface area contributed by atoms with E-state index in [1.807, 2.05) is 30.3 Å². The molecule has 0 aliphatic rings. The van der Waals surface area contributed by atoms with E-state index < -0.39 is 0 Å². The van der Waals surface area contributed by atoms with Crippen molar-refractivity contribution in [1.29, 1.82) is 0 Å². The van der Waals surface area contributed by atoms with Crippen molar-refractivity contribution in [2.45, 2.75) is 19.3 Å². The van der Waals surface area contributed by atoms with Gasteiger partial charge in [0, 0.05) is 12.1 Å². The van der Waals surface area contributed by atoms with Crippen molar-refractivity contribution in [3.63, 3.8) is 0 Å². The number of rotatable bonds is 6. The summed E-state index contributed by atoms with van der Waals surface area (Å²) in [5.74, 6) is 0.109. The number of carbonyl (C=O) groups is 1. The Morgan fingerprint density at radius 2 is 1.76 bits per heavy atom. The molecule has 1 rings (SSSR count). The first-order chi connectivity index (χ1) is 7.97. The maximum Gasteiger partial charge on any atom is 0.224 e. The van der Waals surface area contributed by atoms with E-state index in [4.69, 9.17) is 0 Å². The number of anilines is 1. The van der Waals surface area contributed by atoms with Gasteiger partial charge in [0.25, 0.3) is 0 Å². The van der Waals surface area contributed by atoms with Crippen LogP contribution >= 0.6 is 0 Å². The Labute approximate surface area is 104 Å². The van der Waals surface area contributed by atoms with Gasteiger partial charge in [0.1, 0.15) is 0 Å². The number of nitrogens with zero attached hydrogens (tertiary/aromatic N) is 1. The third kappa shape index (κ3) is 6.74. The van der Waals surface area contributed by atoms with Crippen molar-refractivity contribution in [2.75, 3.05) is 33.0 Å². The molecule has 0 unspecified atom stereocenters. The van der Waals surface area contributed by atoms with Gasteiger partial charge in [0.05, 0.1) is 27.7 Å². The largest absolute Gasteiger partial charge is 0.331 e. The lowest BCUT2D eigenvalue weighted by molar-refractivity contribution is -0.870. The summed E-state index contributed by atoms with van der Waals surface area (Å²) in [5.41, 5.74) is 0.879. The maximum atomic E-state index is 11.6. The minimum absolute atomic E-state index is 0.109. The van der Waals surface area contributed by atoms with Gasteiger partial charge in [-0.15, -0.1) is 0 Å². The molecular formula is C14H23N2O+. The number of carbonyl (C=O) groups excluding carboxylic acids is 1. The second kappa shape index (κ2) is 6.40. The van der Waals surface area contributed by atoms with Crippen LogP contribution in [0.3, 0.4) is 0 Å². The highest BCUT2D eigenvalue weighted by Gasteiger charge is 2.07. The zero-order chi connectivity index (χ0) is 12.7. The summed E-state index contributed by atoms with van der Waals surface area (Å²) in [6.45, 7) is 1.11. The van der Waals surface area contributed by atoms with Crippen LogP contribution < -0.4 is 5.32 Å². The number of hydrogen-bond acceptors (Lipinski definition) is 1. The minimum atomic E-state index is 0.109. The maximum absolute atomic E-state index is 11.6. The first kappa shape index (κ1) is 13.7. The van der Waals surface area contributed by atoms with Crippen LogP contribution in [0, 0.1) is 0 Å². The second-order valence-corrected chi connectivity index (χ2v) is 5.39. The molecule has 0 bridgehead atoms. The lowest BCUT2D eigenvalue weighted by atomic mass is 10.2. The van der Waals surface area contributed by atoms with Gasteiger partial charge in [-0.05, 0) is 25.0 Å². The molecule has 1 amide bonds. The number of benzene rings is 1. The zero-order valence-corrected chi connectivity index (χ0v) is 11.1. The predicted octanol–water partition coefficient (Wildman–Crippen LogP) is 2.50. The fourth-order valence-corrected chi connectivity index (χ4v) is 1.62. The summed E-state index contributed by atoms with van der Waals surface area (Å²) in [7, 11) is 6.51. The number of amides is 1. The van der Waals surface area contributed by atoms with E-state index in [2.05, 4.69) is 26.5 Å². The first-order valence-corrected chi connectivity index (χ1v) is 6.13. The van der Waals surface area contributed by atoms with E-state index in [1.165, 1.54) is 0 Å². The summed E-state index contributed by atoms with van der Waals surface area (Å²) < 4.78 is 0.959. The summed E-state index contributed by atoms with van der Waals surface area (Å²) in [4.78, 5) is 11.6. The molecule has 1 aromatic carbocycles. The average molecular weight is 235 g/mol. The third-order valence-electron chi connectivity index (χ3n) is 2.54. The number of hydrogen-bond donors (Lipinski definition) is 1. The number of unbranched alkanes of at least 4 members (excludes halogenated alkanes) is 1. The molecule has 1 aromatic rings. The van der Waals surface area contributed by atoms with Gasteiger partial charge in [0.2, 0.25) is 5.91 Å². The SMILES string of the molecule is C[N+](C)(C)CCCCC(=O)Nc1ccccc1. The van der Waals surface area contributed by atoms with Crippen LogP contribution in [0.5, 0.6) is 0 Å². The van der Waals surface area contributed by atoms with Crippen molar-refractivity contribution in [3.05, 3.63) is 30.3 Å². The molecule has 3 heteroatoms. The van der Waals surface area contributed by atoms with E-state index in [1.54, 1.807) is 0 Å². The Balaban J connectivity index is 2.18. The van der Waals surface area contributed by atoms with Gasteiger partial charge in [-0.3, -0.25) is 4.79 Å². The summed E-state index contributed by atoms with van der Waals surface area (Å²) in [6, 6.07) is 9.60. The summed E-state index contributed by atoms with van der Waals surface area (Å²) in [6.07, 6.45) is 2.65. The van der Waals surface area contributed by atoms with Crippen LogP contribution in [0.15, 0.2) is 30.3 Å². The monoisotopic (exact) mass is 235 g/mol. The molecule has 3 nitrogen and oxygen atoms in total. The van der Waals surface area contributed by atoms with E-state index in [9.17, 15) is 4.79 Å². The van der Waals surface area contributed by atoms with Crippen LogP contribution in [0.25, 0.3) is 0 Å². The standard InChI is InChI=1S/C14H22N2O/c1-16(2,3)12-8-7-11-14(17)15-13-9-5-4-6-10-13/h4-6,9-10H,7-8,11-12H2,1-3H3/p+1. The molecule has 0 aliphatic carbocycles. The molecule has 1 N–H and O–H groups in total. The fraction of sp³-hybridized carbons (Fsp3) is 0.500. The molecular weight excluding hydrogens is 212 g/mol. The van der Waals surface area contributed by atoms with E-state index in [-0.39, 0.29) is 5.91 Å². The molecule has 0 saturated heterocycles. The Morgan fingerprint density at radius 3 is 2.35 bits per heavy atom. The van der Waals surface area contributed by atoms with Crippen LogP contribution in [-0.2, 0) is 4.79 Å². The van der Waals surface area contributed by atoms with Gasteiger partial charge >= 0.3 is 0 Å². The van der Waals surface area contributed by atoms with Crippen molar-refractivity contribution >= 4 is 11.6 Å². The van der Waals surface area contributed by atoms with Crippen molar-refractivity contribution in [1.82, 2.24) is 0 Å². The topological polar surface area (TPSA) is 29.1 Å². The number of quaternary nitrogens is 1. The Bertz CT molecular complexity index is 341. The third-order valence-corrected chi connectivity index (χ3v) is 2.54. The molecule has 0 saturated carbocycles. The molecule has 0 fully saturated rings. The highest BCUT2D eigenvalue weighted by atomic mass is 16.1.